The molecule has 1 atom stereocenters. The molecule has 4 aromatic rings. The standard InChI is InChI=1S/C23H25N5O6S3/c1-12-10-24-18(13(2)20(12)34-6)11-36(30)23-27-17-9-16(33-5)7-8-19(17)28(23)37(31,32)21-14(3)25-22(35-21)26-15(4)29/h7-10H,11H2,1-6H3,(H,25,26,29). The van der Waals surface area contributed by atoms with E-state index in [0.717, 1.165) is 20.9 Å². The maximum absolute atomic E-state index is 14.0. The third-order valence-electron chi connectivity index (χ3n) is 5.52. The van der Waals surface area contributed by atoms with Crippen molar-refractivity contribution in [3.05, 3.63) is 46.9 Å². The number of methoxy groups -OCH3 is 2. The van der Waals surface area contributed by atoms with Crippen LogP contribution in [0.2, 0.25) is 0 Å². The number of ether oxygens (including phenoxy) is 2. The van der Waals surface area contributed by atoms with E-state index in [-0.39, 0.29) is 37.4 Å². The monoisotopic (exact) mass is 563 g/mol. The lowest BCUT2D eigenvalue weighted by Gasteiger charge is -2.13. The molecule has 11 nitrogen and oxygen atoms in total. The van der Waals surface area contributed by atoms with Crippen molar-refractivity contribution in [1.29, 1.82) is 0 Å². The second kappa shape index (κ2) is 10.2. The van der Waals surface area contributed by atoms with E-state index in [2.05, 4.69) is 20.3 Å². The third-order valence-corrected chi connectivity index (χ3v) is 10.2. The largest absolute Gasteiger partial charge is 0.497 e. The molecule has 0 aliphatic heterocycles. The van der Waals surface area contributed by atoms with E-state index < -0.39 is 20.8 Å². The smallest absolute Gasteiger partial charge is 0.281 e. The van der Waals surface area contributed by atoms with Gasteiger partial charge in [0.15, 0.2) is 9.34 Å². The number of aryl methyl sites for hydroxylation is 2. The second-order valence-electron chi connectivity index (χ2n) is 8.13. The van der Waals surface area contributed by atoms with Crippen LogP contribution in [-0.4, -0.2) is 51.7 Å². The Kier molecular flexibility index (Phi) is 7.35. The maximum Gasteiger partial charge on any atom is 0.281 e. The zero-order valence-electron chi connectivity index (χ0n) is 21.0. The summed E-state index contributed by atoms with van der Waals surface area (Å²) in [5, 5.41) is 2.48. The van der Waals surface area contributed by atoms with Crippen LogP contribution in [0.15, 0.2) is 33.8 Å². The summed E-state index contributed by atoms with van der Waals surface area (Å²) in [6.07, 6.45) is 1.62. The van der Waals surface area contributed by atoms with Crippen molar-refractivity contribution in [2.45, 2.75) is 42.8 Å². The Bertz CT molecular complexity index is 1660. The van der Waals surface area contributed by atoms with Crippen molar-refractivity contribution in [3.8, 4) is 11.5 Å². The average Bonchev–Trinajstić information content (AvgIpc) is 3.41. The molecule has 196 valence electrons. The van der Waals surface area contributed by atoms with Gasteiger partial charge in [-0.3, -0.25) is 14.0 Å². The molecule has 1 unspecified atom stereocenters. The highest BCUT2D eigenvalue weighted by Gasteiger charge is 2.32. The first-order valence-corrected chi connectivity index (χ1v) is 14.5. The number of nitrogens with one attached hydrogen (secondary N) is 1. The highest BCUT2D eigenvalue weighted by Crippen LogP contribution is 2.34. The van der Waals surface area contributed by atoms with E-state index >= 15 is 0 Å². The van der Waals surface area contributed by atoms with Crippen LogP contribution in [0.3, 0.4) is 0 Å². The lowest BCUT2D eigenvalue weighted by Crippen LogP contribution is -2.18. The van der Waals surface area contributed by atoms with Crippen LogP contribution < -0.4 is 14.8 Å². The third kappa shape index (κ3) is 4.95. The summed E-state index contributed by atoms with van der Waals surface area (Å²) in [4.78, 5) is 24.5. The van der Waals surface area contributed by atoms with E-state index in [1.54, 1.807) is 38.4 Å². The van der Waals surface area contributed by atoms with E-state index in [1.165, 1.54) is 21.0 Å². The molecule has 0 saturated carbocycles. The van der Waals surface area contributed by atoms with Crippen molar-refractivity contribution in [2.24, 2.45) is 0 Å². The van der Waals surface area contributed by atoms with E-state index in [4.69, 9.17) is 9.47 Å². The molecule has 0 aliphatic rings. The zero-order valence-corrected chi connectivity index (χ0v) is 23.4. The molecule has 3 aromatic heterocycles. The Morgan fingerprint density at radius 3 is 2.54 bits per heavy atom. The van der Waals surface area contributed by atoms with Gasteiger partial charge in [0.2, 0.25) is 11.1 Å². The van der Waals surface area contributed by atoms with E-state index in [1.807, 2.05) is 6.92 Å². The first kappa shape index (κ1) is 26.7. The quantitative estimate of drug-likeness (QED) is 0.341. The normalized spacial score (nSPS) is 12.5. The van der Waals surface area contributed by atoms with Crippen LogP contribution in [0.4, 0.5) is 5.13 Å². The summed E-state index contributed by atoms with van der Waals surface area (Å²) in [6.45, 7) is 6.49. The van der Waals surface area contributed by atoms with Gasteiger partial charge in [-0.1, -0.05) is 11.3 Å². The number of hydrogen-bond donors (Lipinski definition) is 1. The molecule has 0 bridgehead atoms. The highest BCUT2D eigenvalue weighted by molar-refractivity contribution is 7.93. The van der Waals surface area contributed by atoms with Gasteiger partial charge in [-0.2, -0.15) is 8.42 Å². The first-order valence-electron chi connectivity index (χ1n) is 10.9. The molecule has 0 aliphatic carbocycles. The molecule has 3 heterocycles. The number of amides is 1. The molecule has 0 radical (unpaired) electrons. The number of carbonyl (C=O) groups excluding carboxylic acids is 1. The molecular formula is C23H25N5O6S3. The summed E-state index contributed by atoms with van der Waals surface area (Å²) >= 11 is 0.810. The van der Waals surface area contributed by atoms with Crippen LogP contribution in [-0.2, 0) is 31.4 Å². The summed E-state index contributed by atoms with van der Waals surface area (Å²) in [5.74, 6) is 0.626. The van der Waals surface area contributed by atoms with Gasteiger partial charge < -0.3 is 14.8 Å². The number of anilines is 1. The van der Waals surface area contributed by atoms with E-state index in [0.29, 0.717) is 28.3 Å². The number of hydrogen-bond acceptors (Lipinski definition) is 10. The molecule has 0 fully saturated rings. The maximum atomic E-state index is 14.0. The number of imidazole rings is 1. The molecule has 4 rings (SSSR count). The predicted molar refractivity (Wildman–Crippen MR) is 140 cm³/mol. The fourth-order valence-electron chi connectivity index (χ4n) is 3.83. The molecule has 14 heteroatoms. The van der Waals surface area contributed by atoms with Gasteiger partial charge in [-0.25, -0.2) is 13.9 Å². The van der Waals surface area contributed by atoms with Gasteiger partial charge in [-0.05, 0) is 32.9 Å². The van der Waals surface area contributed by atoms with Crippen molar-refractivity contribution in [3.63, 3.8) is 0 Å². The van der Waals surface area contributed by atoms with Gasteiger partial charge in [0.05, 0.1) is 53.2 Å². The number of pyridine rings is 1. The Balaban J connectivity index is 1.89. The Morgan fingerprint density at radius 2 is 1.89 bits per heavy atom. The minimum atomic E-state index is -4.31. The van der Waals surface area contributed by atoms with Crippen molar-refractivity contribution in [1.82, 2.24) is 18.9 Å². The summed E-state index contributed by atoms with van der Waals surface area (Å²) in [5.41, 5.74) is 2.75. The lowest BCUT2D eigenvalue weighted by atomic mass is 10.1. The molecule has 1 amide bonds. The van der Waals surface area contributed by atoms with Crippen molar-refractivity contribution >= 4 is 54.2 Å². The molecule has 0 spiro atoms. The molecule has 37 heavy (non-hydrogen) atoms. The minimum Gasteiger partial charge on any atom is -0.497 e. The number of fused-ring (bicyclic) bond motifs is 1. The van der Waals surface area contributed by atoms with Crippen LogP contribution >= 0.6 is 11.3 Å². The number of thiazole rings is 1. The number of aromatic nitrogens is 4. The summed E-state index contributed by atoms with van der Waals surface area (Å²) in [7, 11) is -3.19. The minimum absolute atomic E-state index is 0.0860. The molecule has 0 saturated heterocycles. The summed E-state index contributed by atoms with van der Waals surface area (Å²) in [6, 6.07) is 4.72. The van der Waals surface area contributed by atoms with Crippen molar-refractivity contribution in [2.75, 3.05) is 19.5 Å². The van der Waals surface area contributed by atoms with Gasteiger partial charge in [-0.15, -0.1) is 0 Å². The predicted octanol–water partition coefficient (Wildman–Crippen LogP) is 3.33. The van der Waals surface area contributed by atoms with Crippen LogP contribution in [0, 0.1) is 20.8 Å². The van der Waals surface area contributed by atoms with Crippen molar-refractivity contribution < 1.29 is 26.9 Å². The average molecular weight is 564 g/mol. The van der Waals surface area contributed by atoms with Crippen LogP contribution in [0.25, 0.3) is 11.0 Å². The van der Waals surface area contributed by atoms with Gasteiger partial charge >= 0.3 is 0 Å². The number of carbonyl (C=O) groups is 1. The zero-order chi connectivity index (χ0) is 27.1. The van der Waals surface area contributed by atoms with Crippen LogP contribution in [0.5, 0.6) is 11.5 Å². The Morgan fingerprint density at radius 1 is 1.16 bits per heavy atom. The van der Waals surface area contributed by atoms with E-state index in [9.17, 15) is 17.4 Å². The fraction of sp³-hybridized carbons (Fsp3) is 0.304. The van der Waals surface area contributed by atoms with Gasteiger partial charge in [0, 0.05) is 30.3 Å². The summed E-state index contributed by atoms with van der Waals surface area (Å²) < 4.78 is 53.2. The van der Waals surface area contributed by atoms with Crippen LogP contribution in [0.1, 0.15) is 29.4 Å². The topological polar surface area (TPSA) is 142 Å². The lowest BCUT2D eigenvalue weighted by molar-refractivity contribution is -0.114. The number of nitrogens with zero attached hydrogens (tertiary/aromatic N) is 4. The number of rotatable bonds is 8. The first-order chi connectivity index (χ1) is 17.5. The van der Waals surface area contributed by atoms with Gasteiger partial charge in [0.1, 0.15) is 11.5 Å². The van der Waals surface area contributed by atoms with Gasteiger partial charge in [0.25, 0.3) is 10.0 Å². The number of benzene rings is 1. The highest BCUT2D eigenvalue weighted by atomic mass is 32.2. The Labute approximate surface area is 220 Å². The fourth-order valence-corrected chi connectivity index (χ4v) is 8.40. The molecule has 1 N–H and O–H groups in total. The SMILES string of the molecule is COc1ccc2c(c1)nc(S(=O)Cc1ncc(C)c(OC)c1C)n2S(=O)(=O)c1sc(NC(C)=O)nc1C. The molecule has 1 aromatic carbocycles. The Hall–Kier alpha value is -3.36. The second-order valence-corrected chi connectivity index (χ2v) is 12.5. The molecular weight excluding hydrogens is 538 g/mol.